The van der Waals surface area contributed by atoms with Crippen molar-refractivity contribution in [1.82, 2.24) is 34.5 Å². The molecule has 13 heteroatoms. The van der Waals surface area contributed by atoms with E-state index in [1.165, 1.54) is 18.5 Å². The van der Waals surface area contributed by atoms with Gasteiger partial charge in [-0.05, 0) is 62.4 Å². The summed E-state index contributed by atoms with van der Waals surface area (Å²) in [5.74, 6) is 0.0665. The van der Waals surface area contributed by atoms with Crippen LogP contribution < -0.4 is 10.1 Å². The molecular weight excluding hydrogens is 475 g/mol. The van der Waals surface area contributed by atoms with Crippen molar-refractivity contribution in [3.8, 4) is 23.5 Å². The van der Waals surface area contributed by atoms with Gasteiger partial charge in [0.25, 0.3) is 0 Å². The Hall–Kier alpha value is -4.99. The molecule has 0 aliphatic carbocycles. The fraction of sp³-hybridized carbons (Fsp3) is 0.130. The number of ether oxygens (including phenoxy) is 1. The van der Waals surface area contributed by atoms with E-state index < -0.39 is 12.1 Å². The first-order chi connectivity index (χ1) is 17.2. The average Bonchev–Trinajstić information content (AvgIpc) is 3.43. The lowest BCUT2D eigenvalue weighted by Gasteiger charge is -2.15. The monoisotopic (exact) mass is 491 g/mol. The molecule has 1 aromatic carbocycles. The van der Waals surface area contributed by atoms with Crippen molar-refractivity contribution >= 4 is 22.5 Å². The van der Waals surface area contributed by atoms with E-state index in [2.05, 4.69) is 35.3 Å². The number of aryl methyl sites for hydroxylation is 2. The Bertz CT molecular complexity index is 1620. The quantitative estimate of drug-likeness (QED) is 0.381. The number of nitrogens with zero attached hydrogens (tertiary/aromatic N) is 8. The number of alkyl halides is 3. The Kier molecular flexibility index (Phi) is 5.48. The summed E-state index contributed by atoms with van der Waals surface area (Å²) in [4.78, 5) is 8.78. The maximum absolute atomic E-state index is 13.0. The zero-order valence-electron chi connectivity index (χ0n) is 18.8. The SMILES string of the molecule is Cc1ccc(Nc2ccc3c(c2)ncn3-c2ccc(OC(F)(F)F)c(-n3nc(C#N)cc3C)n2)nn1. The maximum Gasteiger partial charge on any atom is 0.573 e. The van der Waals surface area contributed by atoms with Gasteiger partial charge in [0.1, 0.15) is 18.2 Å². The number of pyridine rings is 1. The molecule has 5 rings (SSSR count). The highest BCUT2D eigenvalue weighted by Crippen LogP contribution is 2.31. The molecule has 180 valence electrons. The molecule has 5 aromatic rings. The minimum Gasteiger partial charge on any atom is -0.402 e. The number of benzene rings is 1. The first kappa shape index (κ1) is 22.8. The third kappa shape index (κ3) is 4.51. The van der Waals surface area contributed by atoms with Gasteiger partial charge in [0.15, 0.2) is 23.1 Å². The second-order valence-electron chi connectivity index (χ2n) is 7.74. The molecule has 0 aliphatic rings. The molecule has 0 atom stereocenters. The molecule has 0 aliphatic heterocycles. The van der Waals surface area contributed by atoms with Crippen molar-refractivity contribution in [3.63, 3.8) is 0 Å². The van der Waals surface area contributed by atoms with Gasteiger partial charge in [-0.25, -0.2) is 14.6 Å². The molecule has 4 heterocycles. The fourth-order valence-corrected chi connectivity index (χ4v) is 3.55. The van der Waals surface area contributed by atoms with Crippen LogP contribution in [0, 0.1) is 25.2 Å². The van der Waals surface area contributed by atoms with Crippen molar-refractivity contribution in [2.45, 2.75) is 20.2 Å². The third-order valence-corrected chi connectivity index (χ3v) is 5.12. The first-order valence-corrected chi connectivity index (χ1v) is 10.5. The molecule has 0 radical (unpaired) electrons. The molecule has 36 heavy (non-hydrogen) atoms. The van der Waals surface area contributed by atoms with Gasteiger partial charge in [-0.15, -0.1) is 18.3 Å². The Morgan fingerprint density at radius 2 is 1.86 bits per heavy atom. The van der Waals surface area contributed by atoms with E-state index in [1.54, 1.807) is 35.8 Å². The first-order valence-electron chi connectivity index (χ1n) is 10.5. The fourth-order valence-electron chi connectivity index (χ4n) is 3.55. The van der Waals surface area contributed by atoms with Crippen LogP contribution in [0.4, 0.5) is 24.7 Å². The van der Waals surface area contributed by atoms with E-state index in [0.717, 1.165) is 22.1 Å². The van der Waals surface area contributed by atoms with Crippen LogP contribution in [0.2, 0.25) is 0 Å². The van der Waals surface area contributed by atoms with Gasteiger partial charge >= 0.3 is 6.36 Å². The van der Waals surface area contributed by atoms with Crippen molar-refractivity contribution in [3.05, 3.63) is 71.9 Å². The summed E-state index contributed by atoms with van der Waals surface area (Å²) in [6.45, 7) is 3.44. The number of hydrogen-bond acceptors (Lipinski definition) is 8. The number of aromatic nitrogens is 7. The van der Waals surface area contributed by atoms with Crippen LogP contribution in [0.25, 0.3) is 22.7 Å². The highest BCUT2D eigenvalue weighted by Gasteiger charge is 2.33. The van der Waals surface area contributed by atoms with Gasteiger partial charge in [0, 0.05) is 11.4 Å². The Morgan fingerprint density at radius 3 is 2.56 bits per heavy atom. The van der Waals surface area contributed by atoms with E-state index in [1.807, 2.05) is 19.1 Å². The molecule has 0 saturated carbocycles. The Balaban J connectivity index is 1.55. The number of nitriles is 1. The van der Waals surface area contributed by atoms with Crippen LogP contribution in [0.3, 0.4) is 0 Å². The standard InChI is InChI=1S/C23H16F3N9O/c1-13-3-7-20(32-31-13)29-15-4-5-18-17(10-15)28-12-34(18)21-8-6-19(36-23(24,25)26)22(30-21)35-14(2)9-16(11-27)33-35/h3-10,12H,1-2H3,(H,29,32). The van der Waals surface area contributed by atoms with E-state index in [0.29, 0.717) is 22.5 Å². The number of imidazole rings is 1. The van der Waals surface area contributed by atoms with Gasteiger partial charge < -0.3 is 10.1 Å². The number of anilines is 2. The van der Waals surface area contributed by atoms with Crippen LogP contribution in [0.1, 0.15) is 17.1 Å². The second-order valence-corrected chi connectivity index (χ2v) is 7.74. The third-order valence-electron chi connectivity index (χ3n) is 5.12. The van der Waals surface area contributed by atoms with E-state index >= 15 is 0 Å². The van der Waals surface area contributed by atoms with Crippen molar-refractivity contribution in [1.29, 1.82) is 5.26 Å². The van der Waals surface area contributed by atoms with Gasteiger partial charge in [0.05, 0.1) is 16.7 Å². The zero-order valence-corrected chi connectivity index (χ0v) is 18.8. The summed E-state index contributed by atoms with van der Waals surface area (Å²) in [5, 5.41) is 24.4. The summed E-state index contributed by atoms with van der Waals surface area (Å²) in [7, 11) is 0. The van der Waals surface area contributed by atoms with Crippen LogP contribution in [0.15, 0.2) is 54.9 Å². The lowest BCUT2D eigenvalue weighted by Crippen LogP contribution is -2.19. The normalized spacial score (nSPS) is 11.4. The number of halogens is 3. The van der Waals surface area contributed by atoms with Crippen LogP contribution >= 0.6 is 0 Å². The van der Waals surface area contributed by atoms with Crippen molar-refractivity contribution in [2.24, 2.45) is 0 Å². The minimum atomic E-state index is -4.94. The molecule has 0 unspecified atom stereocenters. The summed E-state index contributed by atoms with van der Waals surface area (Å²) in [5.41, 5.74) is 3.24. The smallest absolute Gasteiger partial charge is 0.402 e. The van der Waals surface area contributed by atoms with Gasteiger partial charge in [-0.2, -0.15) is 15.5 Å². The predicted octanol–water partition coefficient (Wildman–Crippen LogP) is 4.53. The summed E-state index contributed by atoms with van der Waals surface area (Å²) < 4.78 is 46.1. The molecular formula is C23H16F3N9O. The summed E-state index contributed by atoms with van der Waals surface area (Å²) >= 11 is 0. The predicted molar refractivity (Wildman–Crippen MR) is 122 cm³/mol. The van der Waals surface area contributed by atoms with Gasteiger partial charge in [0.2, 0.25) is 0 Å². The van der Waals surface area contributed by atoms with Crippen LogP contribution in [-0.2, 0) is 0 Å². The molecule has 0 amide bonds. The maximum atomic E-state index is 13.0. The average molecular weight is 491 g/mol. The van der Waals surface area contributed by atoms with E-state index in [4.69, 9.17) is 5.26 Å². The largest absolute Gasteiger partial charge is 0.573 e. The summed E-state index contributed by atoms with van der Waals surface area (Å²) in [6, 6.07) is 14.9. The molecule has 0 saturated heterocycles. The Morgan fingerprint density at radius 1 is 1.03 bits per heavy atom. The van der Waals surface area contributed by atoms with Crippen LogP contribution in [-0.4, -0.2) is 40.9 Å². The van der Waals surface area contributed by atoms with Crippen molar-refractivity contribution in [2.75, 3.05) is 5.32 Å². The summed E-state index contributed by atoms with van der Waals surface area (Å²) in [6.07, 6.45) is -3.43. The number of rotatable bonds is 5. The molecule has 10 nitrogen and oxygen atoms in total. The lowest BCUT2D eigenvalue weighted by molar-refractivity contribution is -0.274. The van der Waals surface area contributed by atoms with Crippen LogP contribution in [0.5, 0.6) is 5.75 Å². The van der Waals surface area contributed by atoms with Gasteiger partial charge in [-0.3, -0.25) is 4.57 Å². The number of nitrogens with one attached hydrogen (secondary N) is 1. The topological polar surface area (TPSA) is 119 Å². The molecule has 4 aromatic heterocycles. The van der Waals surface area contributed by atoms with E-state index in [-0.39, 0.29) is 17.3 Å². The molecule has 1 N–H and O–H groups in total. The second kappa shape index (κ2) is 8.66. The lowest BCUT2D eigenvalue weighted by atomic mass is 10.2. The Labute approximate surface area is 201 Å². The number of hydrogen-bond donors (Lipinski definition) is 1. The number of fused-ring (bicyclic) bond motifs is 1. The van der Waals surface area contributed by atoms with Crippen molar-refractivity contribution < 1.29 is 17.9 Å². The van der Waals surface area contributed by atoms with E-state index in [9.17, 15) is 13.2 Å². The van der Waals surface area contributed by atoms with Gasteiger partial charge in [-0.1, -0.05) is 0 Å². The highest BCUT2D eigenvalue weighted by atomic mass is 19.4. The minimum absolute atomic E-state index is 0.0315. The molecule has 0 fully saturated rings. The zero-order chi connectivity index (χ0) is 25.4. The highest BCUT2D eigenvalue weighted by molar-refractivity contribution is 5.82. The molecule has 0 bridgehead atoms. The molecule has 0 spiro atoms.